The molecular weight excluding hydrogens is 356 g/mol. The Morgan fingerprint density at radius 1 is 1.39 bits per heavy atom. The lowest BCUT2D eigenvalue weighted by Crippen LogP contribution is -2.25. The fourth-order valence-electron chi connectivity index (χ4n) is 3.89. The fourth-order valence-corrected chi connectivity index (χ4v) is 3.89. The van der Waals surface area contributed by atoms with E-state index in [1.165, 1.54) is 0 Å². The van der Waals surface area contributed by atoms with Crippen LogP contribution in [0.5, 0.6) is 0 Å². The Kier molecular flexibility index (Phi) is 6.53. The predicted molar refractivity (Wildman–Crippen MR) is 104 cm³/mol. The lowest BCUT2D eigenvalue weighted by Gasteiger charge is -2.21. The molecule has 1 N–H and O–H groups in total. The summed E-state index contributed by atoms with van der Waals surface area (Å²) in [5, 5.41) is 10.4. The molecule has 5 heteroatoms. The van der Waals surface area contributed by atoms with Crippen LogP contribution in [0.25, 0.3) is 0 Å². The van der Waals surface area contributed by atoms with Crippen molar-refractivity contribution in [3.63, 3.8) is 0 Å². The Hall–Kier alpha value is -2.58. The van der Waals surface area contributed by atoms with Crippen LogP contribution in [0.4, 0.5) is 0 Å². The molecule has 0 radical (unpaired) electrons. The Bertz CT molecular complexity index is 788. The number of carbonyl (C=O) groups is 2. The van der Waals surface area contributed by atoms with E-state index < -0.39 is 6.10 Å². The quantitative estimate of drug-likeness (QED) is 0.465. The van der Waals surface area contributed by atoms with E-state index in [4.69, 9.17) is 9.47 Å². The van der Waals surface area contributed by atoms with Gasteiger partial charge in [-0.25, -0.2) is 4.79 Å². The third kappa shape index (κ3) is 4.63. The SMILES string of the molecule is CC#CCC(C)[C@@H](O)/C=C/[C@@H]1[C@H]2CC(=O)O[C@H]2C[C@H]1OC(=O)c1ccccc1. The van der Waals surface area contributed by atoms with E-state index >= 15 is 0 Å². The molecule has 5 nitrogen and oxygen atoms in total. The second-order valence-electron chi connectivity index (χ2n) is 7.50. The standard InChI is InChI=1S/C23H26O5/c1-3-4-8-15(2)19(24)12-11-17-18-13-22(25)27-21(18)14-20(17)28-23(26)16-9-6-5-7-10-16/h5-7,9-12,15,17-21,24H,8,13-14H2,1-2H3/b12-11+/t15?,17-,18-,19+,20-,21+/m1/s1. The Morgan fingerprint density at radius 2 is 2.14 bits per heavy atom. The summed E-state index contributed by atoms with van der Waals surface area (Å²) < 4.78 is 11.1. The first kappa shape index (κ1) is 20.2. The number of aliphatic hydroxyl groups excluding tert-OH is 1. The van der Waals surface area contributed by atoms with E-state index in [1.54, 1.807) is 37.3 Å². The third-order valence-corrected chi connectivity index (χ3v) is 5.53. The normalized spacial score (nSPS) is 28.2. The number of ether oxygens (including phenoxy) is 2. The van der Waals surface area contributed by atoms with E-state index in [9.17, 15) is 14.7 Å². The second kappa shape index (κ2) is 9.07. The van der Waals surface area contributed by atoms with Crippen LogP contribution in [-0.4, -0.2) is 35.4 Å². The summed E-state index contributed by atoms with van der Waals surface area (Å²) in [5.74, 6) is 5.00. The highest BCUT2D eigenvalue weighted by Gasteiger charge is 2.50. The third-order valence-electron chi connectivity index (χ3n) is 5.53. The van der Waals surface area contributed by atoms with Gasteiger partial charge < -0.3 is 14.6 Å². The van der Waals surface area contributed by atoms with Gasteiger partial charge in [0.15, 0.2) is 0 Å². The maximum Gasteiger partial charge on any atom is 0.338 e. The topological polar surface area (TPSA) is 72.8 Å². The average Bonchev–Trinajstić information content (AvgIpc) is 3.20. The average molecular weight is 382 g/mol. The van der Waals surface area contributed by atoms with Crippen LogP contribution in [0.3, 0.4) is 0 Å². The highest BCUT2D eigenvalue weighted by Crippen LogP contribution is 2.43. The Morgan fingerprint density at radius 3 is 2.86 bits per heavy atom. The van der Waals surface area contributed by atoms with Crippen molar-refractivity contribution >= 4 is 11.9 Å². The van der Waals surface area contributed by atoms with Crippen LogP contribution in [0, 0.1) is 29.6 Å². The fraction of sp³-hybridized carbons (Fsp3) is 0.478. The Labute approximate surface area is 165 Å². The molecule has 2 fully saturated rings. The summed E-state index contributed by atoms with van der Waals surface area (Å²) in [6.07, 6.45) is 3.75. The van der Waals surface area contributed by atoms with E-state index in [2.05, 4.69) is 11.8 Å². The molecule has 0 amide bonds. The molecule has 1 aliphatic carbocycles. The molecule has 2 aliphatic rings. The van der Waals surface area contributed by atoms with Crippen molar-refractivity contribution in [1.29, 1.82) is 0 Å². The van der Waals surface area contributed by atoms with Gasteiger partial charge in [0, 0.05) is 24.7 Å². The van der Waals surface area contributed by atoms with Crippen molar-refractivity contribution in [3.8, 4) is 11.8 Å². The first-order valence-corrected chi connectivity index (χ1v) is 9.71. The predicted octanol–water partition coefficient (Wildman–Crippen LogP) is 3.13. The van der Waals surface area contributed by atoms with Crippen molar-refractivity contribution in [2.75, 3.05) is 0 Å². The molecule has 3 rings (SSSR count). The number of benzene rings is 1. The summed E-state index contributed by atoms with van der Waals surface area (Å²) in [5.41, 5.74) is 0.492. The smallest absolute Gasteiger partial charge is 0.338 e. The minimum Gasteiger partial charge on any atom is -0.462 e. The summed E-state index contributed by atoms with van der Waals surface area (Å²) in [4.78, 5) is 24.2. The van der Waals surface area contributed by atoms with Gasteiger partial charge in [-0.15, -0.1) is 11.8 Å². The number of esters is 2. The molecule has 1 unspecified atom stereocenters. The maximum atomic E-state index is 12.5. The number of carbonyl (C=O) groups excluding carboxylic acids is 2. The highest BCUT2D eigenvalue weighted by molar-refractivity contribution is 5.89. The monoisotopic (exact) mass is 382 g/mol. The molecule has 1 aromatic rings. The van der Waals surface area contributed by atoms with E-state index in [0.29, 0.717) is 24.8 Å². The van der Waals surface area contributed by atoms with Gasteiger partial charge in [-0.2, -0.15) is 0 Å². The van der Waals surface area contributed by atoms with Gasteiger partial charge in [0.25, 0.3) is 0 Å². The van der Waals surface area contributed by atoms with Gasteiger partial charge in [-0.3, -0.25) is 4.79 Å². The van der Waals surface area contributed by atoms with Crippen molar-refractivity contribution in [2.24, 2.45) is 17.8 Å². The lowest BCUT2D eigenvalue weighted by molar-refractivity contribution is -0.141. The van der Waals surface area contributed by atoms with E-state index in [0.717, 1.165) is 0 Å². The lowest BCUT2D eigenvalue weighted by atomic mass is 9.90. The molecule has 0 bridgehead atoms. The molecule has 1 saturated heterocycles. The number of fused-ring (bicyclic) bond motifs is 1. The zero-order chi connectivity index (χ0) is 20.1. The van der Waals surface area contributed by atoms with Crippen molar-refractivity contribution in [2.45, 2.75) is 51.4 Å². The number of hydrogen-bond acceptors (Lipinski definition) is 5. The zero-order valence-corrected chi connectivity index (χ0v) is 16.2. The molecule has 1 saturated carbocycles. The van der Waals surface area contributed by atoms with Gasteiger partial charge >= 0.3 is 11.9 Å². The number of rotatable bonds is 6. The van der Waals surface area contributed by atoms with E-state index in [1.807, 2.05) is 19.1 Å². The van der Waals surface area contributed by atoms with E-state index in [-0.39, 0.29) is 41.9 Å². The van der Waals surface area contributed by atoms with Crippen molar-refractivity contribution in [3.05, 3.63) is 48.0 Å². The first-order valence-electron chi connectivity index (χ1n) is 9.71. The molecule has 1 aromatic carbocycles. The largest absolute Gasteiger partial charge is 0.462 e. The molecule has 0 aromatic heterocycles. The number of aliphatic hydroxyl groups is 1. The summed E-state index contributed by atoms with van der Waals surface area (Å²) in [7, 11) is 0. The molecule has 1 heterocycles. The molecule has 28 heavy (non-hydrogen) atoms. The van der Waals surface area contributed by atoms with Crippen LogP contribution >= 0.6 is 0 Å². The second-order valence-corrected chi connectivity index (χ2v) is 7.50. The van der Waals surface area contributed by atoms with Crippen LogP contribution in [0.15, 0.2) is 42.5 Å². The zero-order valence-electron chi connectivity index (χ0n) is 16.2. The first-order chi connectivity index (χ1) is 13.5. The van der Waals surface area contributed by atoms with Crippen LogP contribution < -0.4 is 0 Å². The van der Waals surface area contributed by atoms with Gasteiger partial charge in [-0.05, 0) is 25.0 Å². The molecule has 0 spiro atoms. The van der Waals surface area contributed by atoms with Crippen LogP contribution in [0.2, 0.25) is 0 Å². The van der Waals surface area contributed by atoms with Gasteiger partial charge in [-0.1, -0.05) is 37.3 Å². The summed E-state index contributed by atoms with van der Waals surface area (Å²) >= 11 is 0. The summed E-state index contributed by atoms with van der Waals surface area (Å²) in [6, 6.07) is 8.84. The highest BCUT2D eigenvalue weighted by atomic mass is 16.6. The minimum atomic E-state index is -0.650. The maximum absolute atomic E-state index is 12.5. The molecule has 148 valence electrons. The van der Waals surface area contributed by atoms with Gasteiger partial charge in [0.05, 0.1) is 18.1 Å². The van der Waals surface area contributed by atoms with Gasteiger partial charge in [0.1, 0.15) is 12.2 Å². The summed E-state index contributed by atoms with van der Waals surface area (Å²) in [6.45, 7) is 3.71. The van der Waals surface area contributed by atoms with Crippen LogP contribution in [-0.2, 0) is 14.3 Å². The molecular formula is C23H26O5. The van der Waals surface area contributed by atoms with Crippen molar-refractivity contribution in [1.82, 2.24) is 0 Å². The van der Waals surface area contributed by atoms with Crippen LogP contribution in [0.1, 0.15) is 43.5 Å². The molecule has 6 atom stereocenters. The minimum absolute atomic E-state index is 0.00678. The van der Waals surface area contributed by atoms with Crippen molar-refractivity contribution < 1.29 is 24.2 Å². The molecule has 1 aliphatic heterocycles. The number of hydrogen-bond donors (Lipinski definition) is 1. The van der Waals surface area contributed by atoms with Gasteiger partial charge in [0.2, 0.25) is 0 Å². The Balaban J connectivity index is 1.71.